The molecular weight excluding hydrogens is 480 g/mol. The number of pyridine rings is 1. The Hall–Kier alpha value is -4.53. The van der Waals surface area contributed by atoms with Gasteiger partial charge in [-0.05, 0) is 62.1 Å². The van der Waals surface area contributed by atoms with E-state index in [2.05, 4.69) is 28.1 Å². The number of fused-ring (bicyclic) bond motifs is 1. The average molecular weight is 511 g/mol. The van der Waals surface area contributed by atoms with Gasteiger partial charge in [0.1, 0.15) is 23.5 Å². The lowest BCUT2D eigenvalue weighted by Gasteiger charge is -2.32. The third kappa shape index (κ3) is 5.13. The molecule has 1 aliphatic heterocycles. The number of piperidine rings is 1. The van der Waals surface area contributed by atoms with Gasteiger partial charge in [-0.3, -0.25) is 4.79 Å². The van der Waals surface area contributed by atoms with E-state index in [4.69, 9.17) is 14.6 Å². The van der Waals surface area contributed by atoms with Gasteiger partial charge in [-0.25, -0.2) is 19.6 Å². The highest BCUT2D eigenvalue weighted by Gasteiger charge is 2.28. The number of amides is 1. The van der Waals surface area contributed by atoms with Crippen molar-refractivity contribution >= 4 is 16.9 Å². The number of aryl methyl sites for hydroxylation is 1. The van der Waals surface area contributed by atoms with Crippen molar-refractivity contribution in [2.45, 2.75) is 31.7 Å². The molecule has 194 valence electrons. The Labute approximate surface area is 221 Å². The van der Waals surface area contributed by atoms with Crippen LogP contribution < -0.4 is 9.47 Å². The zero-order chi connectivity index (χ0) is 26.5. The number of nitrogens with zero attached hydrogens (tertiary/aromatic N) is 6. The van der Waals surface area contributed by atoms with E-state index in [1.54, 1.807) is 19.6 Å². The molecule has 1 aromatic carbocycles. The summed E-state index contributed by atoms with van der Waals surface area (Å²) in [5.41, 5.74) is 3.26. The summed E-state index contributed by atoms with van der Waals surface area (Å²) in [5.74, 6) is 1.82. The summed E-state index contributed by atoms with van der Waals surface area (Å²) in [4.78, 5) is 27.9. The van der Waals surface area contributed by atoms with Crippen LogP contribution in [0, 0.1) is 0 Å². The lowest BCUT2D eigenvalue weighted by Crippen LogP contribution is -2.40. The highest BCUT2D eigenvalue weighted by atomic mass is 16.5. The Morgan fingerprint density at radius 2 is 1.92 bits per heavy atom. The molecule has 1 amide bonds. The van der Waals surface area contributed by atoms with E-state index in [9.17, 15) is 4.79 Å². The van der Waals surface area contributed by atoms with Crippen molar-refractivity contribution in [2.24, 2.45) is 0 Å². The SMILES string of the molecule is C=CCCc1ncnc2c1c(-c1ccc(Oc3ccc(OC)cc3)nc1)nn2[C@@H]1CCCN(C(=O)C=C)C1. The molecular formula is C29H30N6O3. The molecule has 1 atom stereocenters. The van der Waals surface area contributed by atoms with Gasteiger partial charge in [0.05, 0.1) is 24.2 Å². The summed E-state index contributed by atoms with van der Waals surface area (Å²) in [6.07, 6.45) is 9.88. The third-order valence-corrected chi connectivity index (χ3v) is 6.67. The van der Waals surface area contributed by atoms with E-state index in [1.807, 2.05) is 52.1 Å². The number of hydrogen-bond donors (Lipinski definition) is 0. The van der Waals surface area contributed by atoms with E-state index in [0.717, 1.165) is 59.4 Å². The first-order valence-corrected chi connectivity index (χ1v) is 12.6. The number of aromatic nitrogens is 5. The number of methoxy groups -OCH3 is 1. The lowest BCUT2D eigenvalue weighted by atomic mass is 10.1. The number of rotatable bonds is 9. The van der Waals surface area contributed by atoms with Gasteiger partial charge in [-0.1, -0.05) is 12.7 Å². The van der Waals surface area contributed by atoms with Crippen LogP contribution in [0.3, 0.4) is 0 Å². The Bertz CT molecular complexity index is 1450. The zero-order valence-electron chi connectivity index (χ0n) is 21.4. The molecule has 38 heavy (non-hydrogen) atoms. The molecule has 0 saturated carbocycles. The lowest BCUT2D eigenvalue weighted by molar-refractivity contribution is -0.127. The standard InChI is InChI=1S/C29H30N6O3/c1-4-6-9-24-27-28(20-10-15-25(30-17-20)38-23-13-11-22(37-3)12-14-23)33-35(29(27)32-19-31-24)21-8-7-16-34(18-21)26(36)5-2/h4-5,10-15,17,19,21H,1-2,6-9,16,18H2,3H3/t21-/m1/s1. The minimum absolute atomic E-state index is 0.00306. The van der Waals surface area contributed by atoms with Crippen LogP contribution in [0.1, 0.15) is 31.0 Å². The third-order valence-electron chi connectivity index (χ3n) is 6.67. The summed E-state index contributed by atoms with van der Waals surface area (Å²) in [6.45, 7) is 8.77. The number of ether oxygens (including phenoxy) is 2. The molecule has 0 aliphatic carbocycles. The molecule has 4 heterocycles. The molecule has 1 aliphatic rings. The maximum absolute atomic E-state index is 12.3. The van der Waals surface area contributed by atoms with E-state index in [-0.39, 0.29) is 11.9 Å². The summed E-state index contributed by atoms with van der Waals surface area (Å²) in [6, 6.07) is 11.1. The van der Waals surface area contributed by atoms with Gasteiger partial charge in [0.15, 0.2) is 5.65 Å². The molecule has 0 N–H and O–H groups in total. The van der Waals surface area contributed by atoms with Crippen molar-refractivity contribution in [3.8, 4) is 28.6 Å². The summed E-state index contributed by atoms with van der Waals surface area (Å²) in [5, 5.41) is 5.93. The number of hydrogen-bond acceptors (Lipinski definition) is 7. The monoisotopic (exact) mass is 510 g/mol. The van der Waals surface area contributed by atoms with Gasteiger partial charge in [0.2, 0.25) is 11.8 Å². The number of benzene rings is 1. The molecule has 0 radical (unpaired) electrons. The van der Waals surface area contributed by atoms with E-state index < -0.39 is 0 Å². The first-order chi connectivity index (χ1) is 18.6. The van der Waals surface area contributed by atoms with Crippen molar-refractivity contribution in [2.75, 3.05) is 20.2 Å². The van der Waals surface area contributed by atoms with Crippen molar-refractivity contribution in [1.82, 2.24) is 29.6 Å². The van der Waals surface area contributed by atoms with Crippen molar-refractivity contribution in [1.29, 1.82) is 0 Å². The predicted molar refractivity (Wildman–Crippen MR) is 145 cm³/mol. The molecule has 4 aromatic rings. The Balaban J connectivity index is 1.51. The van der Waals surface area contributed by atoms with Crippen LogP contribution in [0.2, 0.25) is 0 Å². The molecule has 1 saturated heterocycles. The molecule has 0 spiro atoms. The Morgan fingerprint density at radius 1 is 1.11 bits per heavy atom. The van der Waals surface area contributed by atoms with Crippen molar-refractivity contribution in [3.63, 3.8) is 0 Å². The predicted octanol–water partition coefficient (Wildman–Crippen LogP) is 5.16. The maximum Gasteiger partial charge on any atom is 0.246 e. The number of carbonyl (C=O) groups is 1. The second-order valence-corrected chi connectivity index (χ2v) is 9.09. The Kier molecular flexibility index (Phi) is 7.44. The normalized spacial score (nSPS) is 15.3. The highest BCUT2D eigenvalue weighted by molar-refractivity contribution is 5.93. The fourth-order valence-electron chi connectivity index (χ4n) is 4.75. The maximum atomic E-state index is 12.3. The van der Waals surface area contributed by atoms with Crippen LogP contribution in [0.25, 0.3) is 22.3 Å². The first kappa shape index (κ1) is 25.1. The topological polar surface area (TPSA) is 95.3 Å². The van der Waals surface area contributed by atoms with Crippen LogP contribution in [0.4, 0.5) is 0 Å². The minimum Gasteiger partial charge on any atom is -0.497 e. The van der Waals surface area contributed by atoms with Crippen LogP contribution in [0.15, 0.2) is 74.2 Å². The van der Waals surface area contributed by atoms with Gasteiger partial charge in [0.25, 0.3) is 0 Å². The van der Waals surface area contributed by atoms with Crippen LogP contribution >= 0.6 is 0 Å². The largest absolute Gasteiger partial charge is 0.497 e. The van der Waals surface area contributed by atoms with Crippen LogP contribution in [-0.2, 0) is 11.2 Å². The van der Waals surface area contributed by atoms with Crippen molar-refractivity contribution in [3.05, 3.63) is 79.9 Å². The fraction of sp³-hybridized carbons (Fsp3) is 0.276. The van der Waals surface area contributed by atoms with Gasteiger partial charge in [-0.15, -0.1) is 6.58 Å². The molecule has 0 bridgehead atoms. The summed E-state index contributed by atoms with van der Waals surface area (Å²) in [7, 11) is 1.63. The molecule has 9 heteroatoms. The molecule has 1 fully saturated rings. The zero-order valence-corrected chi connectivity index (χ0v) is 21.4. The van der Waals surface area contributed by atoms with Crippen molar-refractivity contribution < 1.29 is 14.3 Å². The number of likely N-dealkylation sites (tertiary alicyclic amines) is 1. The second-order valence-electron chi connectivity index (χ2n) is 9.09. The number of carbonyl (C=O) groups excluding carboxylic acids is 1. The number of allylic oxidation sites excluding steroid dienone is 1. The highest BCUT2D eigenvalue weighted by Crippen LogP contribution is 2.34. The smallest absolute Gasteiger partial charge is 0.246 e. The molecule has 0 unspecified atom stereocenters. The quantitative estimate of drug-likeness (QED) is 0.227. The van der Waals surface area contributed by atoms with Gasteiger partial charge in [0, 0.05) is 30.9 Å². The molecule has 3 aromatic heterocycles. The van der Waals surface area contributed by atoms with Crippen LogP contribution in [0.5, 0.6) is 17.4 Å². The summed E-state index contributed by atoms with van der Waals surface area (Å²) < 4.78 is 13.1. The molecule has 5 rings (SSSR count). The first-order valence-electron chi connectivity index (χ1n) is 12.6. The fourth-order valence-corrected chi connectivity index (χ4v) is 4.75. The van der Waals surface area contributed by atoms with E-state index in [0.29, 0.717) is 24.7 Å². The molecule has 9 nitrogen and oxygen atoms in total. The second kappa shape index (κ2) is 11.2. The van der Waals surface area contributed by atoms with Crippen LogP contribution in [-0.4, -0.2) is 55.7 Å². The van der Waals surface area contributed by atoms with Gasteiger partial charge >= 0.3 is 0 Å². The Morgan fingerprint density at radius 3 is 2.63 bits per heavy atom. The van der Waals surface area contributed by atoms with Gasteiger partial charge in [-0.2, -0.15) is 5.10 Å². The van der Waals surface area contributed by atoms with Gasteiger partial charge < -0.3 is 14.4 Å². The van der Waals surface area contributed by atoms with E-state index >= 15 is 0 Å². The van der Waals surface area contributed by atoms with E-state index in [1.165, 1.54) is 6.08 Å². The summed E-state index contributed by atoms with van der Waals surface area (Å²) >= 11 is 0. The average Bonchev–Trinajstić information content (AvgIpc) is 3.37. The minimum atomic E-state index is -0.0654.